The lowest BCUT2D eigenvalue weighted by molar-refractivity contribution is -0.379. The van der Waals surface area contributed by atoms with Gasteiger partial charge in [-0.25, -0.2) is 0 Å². The van der Waals surface area contributed by atoms with Gasteiger partial charge in [0, 0.05) is 6.42 Å². The molecule has 0 aromatic carbocycles. The first-order valence-electron chi connectivity index (χ1n) is 26.2. The largest absolute Gasteiger partial charge is 0.394 e. The Labute approximate surface area is 426 Å². The molecular weight excluding hydrogens is 939 g/mol. The van der Waals surface area contributed by atoms with E-state index in [1.54, 1.807) is 12.2 Å². The normalized spacial score (nSPS) is 32.6. The van der Waals surface area contributed by atoms with Crippen LogP contribution in [0.2, 0.25) is 0 Å². The standard InChI is InChI=1S/C53H89NO18/c1-3-5-7-9-11-13-15-17-18-19-21-23-25-27-29-31-41(59)54-36(37(58)30-28-26-24-22-20-16-14-12-10-8-6-4-2)35-67-51-47(65)44(62)49(39(33-56)69-51)72-53-48(66)45(63)50(40(34-57)70-53)71-52-46(64)43(61)42(60)38(32-55)68-52/h5,7,11,13,17-18,21,23,27-30,36-40,42-53,55-58,60-66H,3-4,6,8-10,12,14-16,19-20,22,24-26,31-35H2,1-2H3,(H,54,59)/b7-5-,13-11-,18-17-,23-21-,29-27-,30-28+. The van der Waals surface area contributed by atoms with E-state index in [-0.39, 0.29) is 6.42 Å². The summed E-state index contributed by atoms with van der Waals surface area (Å²) in [6, 6.07) is -1.03. The van der Waals surface area contributed by atoms with Crippen LogP contribution >= 0.6 is 0 Å². The number of nitrogens with one attached hydrogen (secondary N) is 1. The van der Waals surface area contributed by atoms with Gasteiger partial charge in [0.05, 0.1) is 38.6 Å². The average molecular weight is 1030 g/mol. The Morgan fingerprint density at radius 2 is 0.944 bits per heavy atom. The quantitative estimate of drug-likeness (QED) is 0.0320. The van der Waals surface area contributed by atoms with Crippen LogP contribution in [-0.4, -0.2) is 193 Å². The molecule has 414 valence electrons. The first-order chi connectivity index (χ1) is 34.8. The highest BCUT2D eigenvalue weighted by atomic mass is 16.8. The lowest BCUT2D eigenvalue weighted by Crippen LogP contribution is -2.66. The molecule has 19 heteroatoms. The second kappa shape index (κ2) is 37.1. The van der Waals surface area contributed by atoms with Crippen LogP contribution in [-0.2, 0) is 33.2 Å². The zero-order valence-electron chi connectivity index (χ0n) is 42.4. The van der Waals surface area contributed by atoms with Gasteiger partial charge in [0.15, 0.2) is 18.9 Å². The third-order valence-corrected chi connectivity index (χ3v) is 12.8. The van der Waals surface area contributed by atoms with Crippen molar-refractivity contribution in [3.63, 3.8) is 0 Å². The summed E-state index contributed by atoms with van der Waals surface area (Å²) in [7, 11) is 0. The van der Waals surface area contributed by atoms with Gasteiger partial charge in [-0.2, -0.15) is 0 Å². The molecule has 3 aliphatic rings. The number of unbranched alkanes of at least 4 members (excludes halogenated alkanes) is 10. The monoisotopic (exact) mass is 1030 g/mol. The molecule has 3 aliphatic heterocycles. The zero-order valence-corrected chi connectivity index (χ0v) is 42.4. The summed E-state index contributed by atoms with van der Waals surface area (Å²) in [6.07, 6.45) is 13.6. The molecular formula is C53H89NO18. The fraction of sp³-hybridized carbons (Fsp3) is 0.755. The minimum absolute atomic E-state index is 0.00742. The maximum Gasteiger partial charge on any atom is 0.224 e. The number of hydrogen-bond acceptors (Lipinski definition) is 18. The number of rotatable bonds is 35. The summed E-state index contributed by atoms with van der Waals surface area (Å²) in [5.74, 6) is -0.408. The van der Waals surface area contributed by atoms with Crippen LogP contribution < -0.4 is 5.32 Å². The number of aliphatic hydroxyl groups is 11. The molecule has 17 unspecified atom stereocenters. The Balaban J connectivity index is 1.59. The minimum Gasteiger partial charge on any atom is -0.394 e. The zero-order chi connectivity index (χ0) is 52.7. The predicted molar refractivity (Wildman–Crippen MR) is 268 cm³/mol. The van der Waals surface area contributed by atoms with Gasteiger partial charge in [-0.1, -0.05) is 145 Å². The first kappa shape index (κ1) is 63.5. The molecule has 19 nitrogen and oxygen atoms in total. The summed E-state index contributed by atoms with van der Waals surface area (Å²) in [5.41, 5.74) is 0. The molecule has 1 amide bonds. The summed E-state index contributed by atoms with van der Waals surface area (Å²) >= 11 is 0. The van der Waals surface area contributed by atoms with E-state index < -0.39 is 137 Å². The minimum atomic E-state index is -1.99. The Morgan fingerprint density at radius 1 is 0.514 bits per heavy atom. The Bertz CT molecular complexity index is 1610. The van der Waals surface area contributed by atoms with Gasteiger partial charge in [0.25, 0.3) is 0 Å². The van der Waals surface area contributed by atoms with Crippen molar-refractivity contribution < 1.29 is 89.4 Å². The van der Waals surface area contributed by atoms with E-state index in [1.807, 2.05) is 24.3 Å². The third kappa shape index (κ3) is 22.2. The van der Waals surface area contributed by atoms with Crippen molar-refractivity contribution in [3.8, 4) is 0 Å². The fourth-order valence-corrected chi connectivity index (χ4v) is 8.43. The summed E-state index contributed by atoms with van der Waals surface area (Å²) in [6.45, 7) is 1.47. The number of ether oxygens (including phenoxy) is 6. The van der Waals surface area contributed by atoms with Crippen molar-refractivity contribution >= 4 is 5.91 Å². The molecule has 0 bridgehead atoms. The van der Waals surface area contributed by atoms with Crippen LogP contribution in [0.4, 0.5) is 0 Å². The molecule has 72 heavy (non-hydrogen) atoms. The Hall–Kier alpha value is -2.77. The van der Waals surface area contributed by atoms with Crippen LogP contribution in [0.25, 0.3) is 0 Å². The number of amides is 1. The summed E-state index contributed by atoms with van der Waals surface area (Å²) in [5, 5.41) is 119. The molecule has 0 spiro atoms. The van der Waals surface area contributed by atoms with Gasteiger partial charge < -0.3 is 89.9 Å². The van der Waals surface area contributed by atoms with E-state index >= 15 is 0 Å². The number of allylic oxidation sites excluding steroid dienone is 10. The lowest BCUT2D eigenvalue weighted by Gasteiger charge is -2.48. The Kier molecular flexibility index (Phi) is 32.7. The number of carbonyl (C=O) groups is 1. The molecule has 12 N–H and O–H groups in total. The second-order valence-corrected chi connectivity index (χ2v) is 18.6. The molecule has 0 aliphatic carbocycles. The predicted octanol–water partition coefficient (Wildman–Crippen LogP) is 2.31. The van der Waals surface area contributed by atoms with Crippen LogP contribution in [0.1, 0.15) is 123 Å². The van der Waals surface area contributed by atoms with Gasteiger partial charge in [-0.15, -0.1) is 0 Å². The van der Waals surface area contributed by atoms with Gasteiger partial charge in [-0.3, -0.25) is 4.79 Å². The van der Waals surface area contributed by atoms with E-state index in [1.165, 1.54) is 44.9 Å². The lowest BCUT2D eigenvalue weighted by atomic mass is 9.96. The van der Waals surface area contributed by atoms with E-state index in [0.29, 0.717) is 12.8 Å². The van der Waals surface area contributed by atoms with E-state index in [2.05, 4.69) is 55.6 Å². The molecule has 0 radical (unpaired) electrons. The number of aliphatic hydroxyl groups excluding tert-OH is 11. The van der Waals surface area contributed by atoms with Crippen molar-refractivity contribution in [2.75, 3.05) is 26.4 Å². The fourth-order valence-electron chi connectivity index (χ4n) is 8.43. The highest BCUT2D eigenvalue weighted by Crippen LogP contribution is 2.33. The van der Waals surface area contributed by atoms with Crippen LogP contribution in [0.5, 0.6) is 0 Å². The summed E-state index contributed by atoms with van der Waals surface area (Å²) < 4.78 is 34.0. The highest BCUT2D eigenvalue weighted by molar-refractivity contribution is 5.77. The second-order valence-electron chi connectivity index (χ2n) is 18.6. The smallest absolute Gasteiger partial charge is 0.224 e. The topological polar surface area (TPSA) is 307 Å². The van der Waals surface area contributed by atoms with Crippen molar-refractivity contribution in [1.82, 2.24) is 5.32 Å². The maximum absolute atomic E-state index is 13.2. The first-order valence-corrected chi connectivity index (χ1v) is 26.2. The average Bonchev–Trinajstić information content (AvgIpc) is 3.37. The molecule has 3 rings (SSSR count). The molecule has 3 heterocycles. The molecule has 3 saturated heterocycles. The van der Waals surface area contributed by atoms with Gasteiger partial charge in [0.2, 0.25) is 5.91 Å². The molecule has 0 aromatic rings. The Morgan fingerprint density at radius 3 is 1.44 bits per heavy atom. The van der Waals surface area contributed by atoms with Crippen LogP contribution in [0.3, 0.4) is 0 Å². The SMILES string of the molecule is CC/C=C\C/C=C\C/C=C\C/C=C\C/C=C\CC(=O)NC(COC1OC(CO)C(OC2OC(CO)C(OC3OC(CO)C(O)C(O)C3O)C(O)C2O)C(O)C1O)C(O)/C=C/CCCCCCCCCCCC. The van der Waals surface area contributed by atoms with E-state index in [9.17, 15) is 61.0 Å². The summed E-state index contributed by atoms with van der Waals surface area (Å²) in [4.78, 5) is 13.2. The highest BCUT2D eigenvalue weighted by Gasteiger charge is 2.53. The molecule has 0 aromatic heterocycles. The van der Waals surface area contributed by atoms with E-state index in [4.69, 9.17) is 28.4 Å². The van der Waals surface area contributed by atoms with Crippen molar-refractivity contribution in [3.05, 3.63) is 72.9 Å². The van der Waals surface area contributed by atoms with Crippen molar-refractivity contribution in [2.45, 2.75) is 227 Å². The third-order valence-electron chi connectivity index (χ3n) is 12.8. The van der Waals surface area contributed by atoms with Crippen molar-refractivity contribution in [2.24, 2.45) is 0 Å². The molecule has 17 atom stereocenters. The van der Waals surface area contributed by atoms with Gasteiger partial charge in [0.1, 0.15) is 73.2 Å². The van der Waals surface area contributed by atoms with Crippen LogP contribution in [0, 0.1) is 0 Å². The molecule has 0 saturated carbocycles. The van der Waals surface area contributed by atoms with E-state index in [0.717, 1.165) is 44.9 Å². The van der Waals surface area contributed by atoms with Gasteiger partial charge in [-0.05, 0) is 44.9 Å². The van der Waals surface area contributed by atoms with Crippen molar-refractivity contribution in [1.29, 1.82) is 0 Å². The van der Waals surface area contributed by atoms with Gasteiger partial charge >= 0.3 is 0 Å². The number of hydrogen-bond donors (Lipinski definition) is 12. The number of carbonyl (C=O) groups excluding carboxylic acids is 1. The molecule has 3 fully saturated rings. The van der Waals surface area contributed by atoms with Crippen LogP contribution in [0.15, 0.2) is 72.9 Å². The maximum atomic E-state index is 13.2.